The molecule has 23 nitrogen and oxygen atoms in total. The Labute approximate surface area is 466 Å². The number of hydrogen-bond acceptors (Lipinski definition) is 15. The Morgan fingerprint density at radius 2 is 1.58 bits per heavy atom. The second-order valence-corrected chi connectivity index (χ2v) is 25.2. The zero-order chi connectivity index (χ0) is 61.9. The molecule has 0 aliphatic heterocycles. The molecule has 450 valence electrons. The highest BCUT2D eigenvalue weighted by atomic mass is 35.5. The maximum Gasteiger partial charge on any atom is 0.472 e. The van der Waals surface area contributed by atoms with Gasteiger partial charge in [-0.2, -0.15) is 49.6 Å². The summed E-state index contributed by atoms with van der Waals surface area (Å²) >= 11 is 6.61. The molecule has 3 amide bonds. The minimum atomic E-state index is -5.29. The van der Waals surface area contributed by atoms with Crippen LogP contribution in [0.3, 0.4) is 0 Å². The van der Waals surface area contributed by atoms with Crippen molar-refractivity contribution in [1.29, 1.82) is 0 Å². The smallest absolute Gasteiger partial charge is 0.472 e. The van der Waals surface area contributed by atoms with E-state index in [0.717, 1.165) is 42.7 Å². The van der Waals surface area contributed by atoms with Gasteiger partial charge >= 0.3 is 38.3 Å². The molecule has 3 heterocycles. The number of nitrogens with one attached hydrogen (secondary N) is 1. The highest BCUT2D eigenvalue weighted by molar-refractivity contribution is 7.93. The molecule has 4 N–H and O–H groups in total. The molecule has 0 radical (unpaired) electrons. The van der Waals surface area contributed by atoms with Crippen LogP contribution in [-0.2, 0) is 79.6 Å². The number of fused-ring (bicyclic) bond motifs is 4. The van der Waals surface area contributed by atoms with E-state index >= 15 is 8.78 Å². The lowest BCUT2D eigenvalue weighted by Gasteiger charge is -2.23. The van der Waals surface area contributed by atoms with Gasteiger partial charge in [0.05, 0.1) is 40.5 Å². The van der Waals surface area contributed by atoms with Gasteiger partial charge in [-0.25, -0.2) is 49.3 Å². The van der Waals surface area contributed by atoms with Crippen molar-refractivity contribution in [2.45, 2.75) is 74.8 Å². The number of aromatic nitrogens is 5. The van der Waals surface area contributed by atoms with Crippen LogP contribution >= 0.6 is 19.4 Å². The second kappa shape index (κ2) is 22.8. The number of carboxylic acid groups (broad SMARTS) is 1. The number of nitrogens with zero attached hydrogens (tertiary/aromatic N) is 7. The van der Waals surface area contributed by atoms with Crippen molar-refractivity contribution in [3.8, 4) is 23.0 Å². The Morgan fingerprint density at radius 1 is 0.940 bits per heavy atom. The lowest BCUT2D eigenvalue weighted by Crippen LogP contribution is -2.41. The highest BCUT2D eigenvalue weighted by Gasteiger charge is 2.68. The number of carbonyl (C=O) groups excluding carboxylic acids is 3. The predicted molar refractivity (Wildman–Crippen MR) is 265 cm³/mol. The quantitative estimate of drug-likeness (QED) is 0.0286. The summed E-state index contributed by atoms with van der Waals surface area (Å²) in [4.78, 5) is 74.6. The third-order valence-electron chi connectivity index (χ3n) is 12.6. The highest BCUT2D eigenvalue weighted by Crippen LogP contribution is 2.68. The number of hydrogen-bond donors (Lipinski definition) is 4. The summed E-state index contributed by atoms with van der Waals surface area (Å²) in [7, 11) is -14.3. The number of anilines is 1. The number of benzene rings is 2. The molecule has 37 heteroatoms. The fraction of sp³-hybridized carbons (Fsp3) is 0.413. The lowest BCUT2D eigenvalue weighted by molar-refractivity contribution is -0.143. The van der Waals surface area contributed by atoms with Crippen molar-refractivity contribution >= 4 is 80.1 Å². The monoisotopic (exact) mass is 1270 g/mol. The Kier molecular flexibility index (Phi) is 17.5. The van der Waals surface area contributed by atoms with Gasteiger partial charge in [0.2, 0.25) is 22.7 Å². The van der Waals surface area contributed by atoms with Crippen molar-refractivity contribution in [3.63, 3.8) is 0 Å². The summed E-state index contributed by atoms with van der Waals surface area (Å²) in [6.45, 7) is -5.94. The van der Waals surface area contributed by atoms with E-state index in [1.165, 1.54) is 13.8 Å². The predicted octanol–water partition coefficient (Wildman–Crippen LogP) is 6.78. The summed E-state index contributed by atoms with van der Waals surface area (Å²) in [6.07, 6.45) is -14.1. The normalized spacial score (nSPS) is 16.3. The minimum Gasteiger partial charge on any atom is -0.480 e. The van der Waals surface area contributed by atoms with Gasteiger partial charge < -0.3 is 29.7 Å². The van der Waals surface area contributed by atoms with Gasteiger partial charge in [-0.1, -0.05) is 23.6 Å². The molecule has 83 heavy (non-hydrogen) atoms. The molecular formula is C46H42ClF10N8O15PS2. The number of amides is 3. The minimum absolute atomic E-state index is 0.102. The van der Waals surface area contributed by atoms with Crippen molar-refractivity contribution in [1.82, 2.24) is 34.8 Å². The third-order valence-corrected chi connectivity index (χ3v) is 16.3. The number of halogens is 11. The number of carboxylic acids is 1. The van der Waals surface area contributed by atoms with Crippen LogP contribution in [0.5, 0.6) is 0 Å². The van der Waals surface area contributed by atoms with E-state index in [1.807, 2.05) is 0 Å². The van der Waals surface area contributed by atoms with Gasteiger partial charge in [-0.15, -0.1) is 0 Å². The van der Waals surface area contributed by atoms with Crippen molar-refractivity contribution in [2.24, 2.45) is 5.92 Å². The molecular weight excluding hydrogens is 1230 g/mol. The first-order valence-electron chi connectivity index (χ1n) is 23.4. The van der Waals surface area contributed by atoms with Gasteiger partial charge in [0.15, 0.2) is 21.3 Å². The molecule has 2 aliphatic rings. The Hall–Kier alpha value is -7.09. The zero-order valence-corrected chi connectivity index (χ0v) is 46.0. The molecule has 2 aliphatic carbocycles. The fourth-order valence-corrected chi connectivity index (χ4v) is 10.1. The Morgan fingerprint density at radius 3 is 2.16 bits per heavy atom. The average Bonchev–Trinajstić information content (AvgIpc) is 1.54. The van der Waals surface area contributed by atoms with E-state index in [1.54, 1.807) is 0 Å². The topological polar surface area (TPSA) is 309 Å². The number of ether oxygens (including phenoxy) is 2. The van der Waals surface area contributed by atoms with Gasteiger partial charge in [-0.3, -0.25) is 23.9 Å². The first kappa shape index (κ1) is 63.5. The number of pyridine rings is 1. The van der Waals surface area contributed by atoms with Crippen molar-refractivity contribution in [2.75, 3.05) is 43.3 Å². The summed E-state index contributed by atoms with van der Waals surface area (Å²) in [5.41, 5.74) is -6.80. The molecule has 5 aromatic rings. The SMILES string of the molecule is CC(C)(C#Cc1ccc(-c2ccc(Cl)c3c(N(C(=O)OCCN(CC(=O)O)C(=O)OCOP(=O)(O)O)S(C)(=O)=O)nn(CC(F)(F)F)c23)c([C@H](Cc2cc(F)cc(F)c2)NC(=O)Cn2nc(C(F)(F)F)c3c2C(F)(F)[C@@H]2C[C@H]32)n1)S(C)(=O)=O. The first-order valence-corrected chi connectivity index (χ1v) is 29.0. The van der Waals surface area contributed by atoms with Crippen LogP contribution in [0.1, 0.15) is 66.1 Å². The van der Waals surface area contributed by atoms with Gasteiger partial charge in [0.25, 0.3) is 5.92 Å². The van der Waals surface area contributed by atoms with Crippen LogP contribution in [0, 0.1) is 29.4 Å². The molecule has 0 bridgehead atoms. The van der Waals surface area contributed by atoms with Crippen LogP contribution in [0.25, 0.3) is 22.0 Å². The van der Waals surface area contributed by atoms with Crippen molar-refractivity contribution in [3.05, 3.63) is 93.0 Å². The van der Waals surface area contributed by atoms with Crippen LogP contribution in [0.15, 0.2) is 42.5 Å². The Bertz CT molecular complexity index is 3790. The van der Waals surface area contributed by atoms with Crippen LogP contribution in [0.4, 0.5) is 59.3 Å². The van der Waals surface area contributed by atoms with E-state index in [9.17, 15) is 80.8 Å². The molecule has 1 fully saturated rings. The number of rotatable bonds is 19. The van der Waals surface area contributed by atoms with Crippen LogP contribution in [0.2, 0.25) is 5.02 Å². The van der Waals surface area contributed by atoms with Crippen molar-refractivity contribution < 1.29 is 113 Å². The summed E-state index contributed by atoms with van der Waals surface area (Å²) in [6, 6.07) is 4.05. The Balaban J connectivity index is 1.40. The zero-order valence-electron chi connectivity index (χ0n) is 42.7. The maximum atomic E-state index is 15.7. The fourth-order valence-electron chi connectivity index (χ4n) is 8.72. The van der Waals surface area contributed by atoms with Gasteiger partial charge in [0.1, 0.15) is 54.0 Å². The molecule has 1 saturated carbocycles. The largest absolute Gasteiger partial charge is 0.480 e. The summed E-state index contributed by atoms with van der Waals surface area (Å²) in [5, 5.41) is 17.4. The molecule has 3 aromatic heterocycles. The molecule has 2 aromatic carbocycles. The number of carbonyl (C=O) groups is 4. The molecule has 0 unspecified atom stereocenters. The van der Waals surface area contributed by atoms with E-state index in [2.05, 4.69) is 41.6 Å². The van der Waals surface area contributed by atoms with Gasteiger partial charge in [0, 0.05) is 34.9 Å². The third kappa shape index (κ3) is 14.5. The van der Waals surface area contributed by atoms with Crippen LogP contribution < -0.4 is 9.62 Å². The van der Waals surface area contributed by atoms with E-state index in [0.29, 0.717) is 12.3 Å². The number of phosphoric acid groups is 1. The number of aliphatic carboxylic acids is 1. The molecule has 7 rings (SSSR count). The molecule has 0 saturated heterocycles. The maximum absolute atomic E-state index is 15.7. The number of sulfone groups is 1. The summed E-state index contributed by atoms with van der Waals surface area (Å²) in [5.74, 6) is -8.51. The standard InChI is InChI=1S/C46H42ClF10N8O15PS2/c1-43(2,82(3,74)75)10-9-25-5-6-26(36(58-25)31(15-22-13-23(48)16-24(49)14-22)59-32(66)18-63-39-34(38(60-63)46(55,56)57)28-17-29(28)45(39,53)54)27-7-8-30(47)35-37(27)64(20-44(50,51)52)61-40(35)65(83(4,76)77)42(70)78-12-11-62(19-33(67)68)41(69)79-21-80-81(71,72)73/h5-8,13-14,16,28-29,31H,11-12,15,17-21H2,1-4H3,(H,59,66)(H,67,68)(H2,71,72,73)/t28-,29+,31-/m0/s1. The number of phosphoric ester groups is 1. The lowest BCUT2D eigenvalue weighted by atomic mass is 9.93. The number of alkyl halides is 8. The van der Waals surface area contributed by atoms with E-state index in [4.69, 9.17) is 26.1 Å². The average molecular weight is 1270 g/mol. The molecule has 3 atom stereocenters. The first-order chi connectivity index (χ1) is 38.1. The summed E-state index contributed by atoms with van der Waals surface area (Å²) < 4.78 is 223. The second-order valence-electron chi connectivity index (χ2n) is 19.1. The van der Waals surface area contributed by atoms with Crippen LogP contribution in [-0.4, -0.2) is 135 Å². The molecule has 0 spiro atoms. The number of sulfonamides is 1. The van der Waals surface area contributed by atoms with Gasteiger partial charge in [-0.05, 0) is 74.4 Å². The van der Waals surface area contributed by atoms with E-state index < -0.39 is 211 Å². The van der Waals surface area contributed by atoms with E-state index in [-0.39, 0.29) is 30.6 Å².